The molecule has 5 heteroatoms. The van der Waals surface area contributed by atoms with Gasteiger partial charge in [0, 0.05) is 12.0 Å². The Hall–Kier alpha value is -2.14. The van der Waals surface area contributed by atoms with E-state index in [9.17, 15) is 9.90 Å². The van der Waals surface area contributed by atoms with Crippen molar-refractivity contribution in [2.75, 3.05) is 6.61 Å². The average molecular weight is 244 g/mol. The second kappa shape index (κ2) is 4.27. The van der Waals surface area contributed by atoms with Crippen LogP contribution in [0.2, 0.25) is 0 Å². The van der Waals surface area contributed by atoms with Gasteiger partial charge < -0.3 is 14.8 Å². The lowest BCUT2D eigenvalue weighted by Gasteiger charge is -2.15. The maximum absolute atomic E-state index is 11.9. The predicted molar refractivity (Wildman–Crippen MR) is 65.3 cm³/mol. The number of ether oxygens (including phenoxy) is 1. The Bertz CT molecular complexity index is 649. The van der Waals surface area contributed by atoms with Gasteiger partial charge in [-0.3, -0.25) is 4.79 Å². The number of phenols is 1. The molecule has 5 nitrogen and oxygen atoms in total. The fourth-order valence-electron chi connectivity index (χ4n) is 2.03. The summed E-state index contributed by atoms with van der Waals surface area (Å²) in [5.41, 5.74) is 1.91. The molecule has 92 valence electrons. The van der Waals surface area contributed by atoms with E-state index in [0.29, 0.717) is 36.6 Å². The molecule has 2 heterocycles. The van der Waals surface area contributed by atoms with Gasteiger partial charge in [0.15, 0.2) is 0 Å². The summed E-state index contributed by atoms with van der Waals surface area (Å²) in [4.78, 5) is 19.1. The zero-order chi connectivity index (χ0) is 12.5. The third-order valence-corrected chi connectivity index (χ3v) is 2.95. The summed E-state index contributed by atoms with van der Waals surface area (Å²) in [6.07, 6.45) is 0.644. The number of aromatic hydroxyl groups is 1. The lowest BCUT2D eigenvalue weighted by Crippen LogP contribution is -2.24. The first kappa shape index (κ1) is 11.0. The van der Waals surface area contributed by atoms with Crippen molar-refractivity contribution < 1.29 is 9.84 Å². The molecule has 0 saturated heterocycles. The van der Waals surface area contributed by atoms with Gasteiger partial charge in [0.25, 0.3) is 5.56 Å². The molecule has 1 aromatic heterocycles. The summed E-state index contributed by atoms with van der Waals surface area (Å²) >= 11 is 0. The van der Waals surface area contributed by atoms with Gasteiger partial charge in [-0.1, -0.05) is 12.1 Å². The number of aromatic amines is 1. The van der Waals surface area contributed by atoms with Crippen LogP contribution in [0.25, 0.3) is 11.4 Å². The highest BCUT2D eigenvalue weighted by molar-refractivity contribution is 5.57. The van der Waals surface area contributed by atoms with E-state index in [1.54, 1.807) is 24.3 Å². The molecule has 2 N–H and O–H groups in total. The molecule has 1 aromatic carbocycles. The van der Waals surface area contributed by atoms with Crippen molar-refractivity contribution >= 4 is 0 Å². The van der Waals surface area contributed by atoms with Crippen LogP contribution in [0, 0.1) is 0 Å². The van der Waals surface area contributed by atoms with Gasteiger partial charge in [-0.2, -0.15) is 0 Å². The maximum atomic E-state index is 11.9. The maximum Gasteiger partial charge on any atom is 0.256 e. The molecule has 0 amide bonds. The van der Waals surface area contributed by atoms with Gasteiger partial charge in [0.1, 0.15) is 11.6 Å². The number of rotatable bonds is 1. The lowest BCUT2D eigenvalue weighted by molar-refractivity contribution is 0.108. The van der Waals surface area contributed by atoms with Crippen LogP contribution in [0.5, 0.6) is 5.75 Å². The normalized spacial score (nSPS) is 14.2. The number of hydrogen-bond acceptors (Lipinski definition) is 4. The summed E-state index contributed by atoms with van der Waals surface area (Å²) in [6.45, 7) is 0.904. The molecule has 0 aliphatic carbocycles. The molecule has 0 fully saturated rings. The number of nitrogens with zero attached hydrogens (tertiary/aromatic N) is 1. The van der Waals surface area contributed by atoms with Crippen LogP contribution in [-0.4, -0.2) is 21.7 Å². The summed E-state index contributed by atoms with van der Waals surface area (Å²) < 4.78 is 5.24. The van der Waals surface area contributed by atoms with Crippen molar-refractivity contribution in [2.24, 2.45) is 0 Å². The SMILES string of the molecule is O=c1[nH]c(-c2cccc(O)c2)nc2c1COCC2. The van der Waals surface area contributed by atoms with E-state index in [1.807, 2.05) is 0 Å². The zero-order valence-electron chi connectivity index (χ0n) is 9.64. The van der Waals surface area contributed by atoms with E-state index in [1.165, 1.54) is 0 Å². The summed E-state index contributed by atoms with van der Waals surface area (Å²) in [7, 11) is 0. The quantitative estimate of drug-likeness (QED) is 0.790. The van der Waals surface area contributed by atoms with Gasteiger partial charge in [-0.15, -0.1) is 0 Å². The standard InChI is InChI=1S/C13H12N2O3/c16-9-3-1-2-8(6-9)12-14-11-4-5-18-7-10(11)13(17)15-12/h1-3,6,16H,4-5,7H2,(H,14,15,17). The van der Waals surface area contributed by atoms with Crippen LogP contribution < -0.4 is 5.56 Å². The van der Waals surface area contributed by atoms with Gasteiger partial charge >= 0.3 is 0 Å². The minimum atomic E-state index is -0.168. The van der Waals surface area contributed by atoms with Crippen molar-refractivity contribution in [3.63, 3.8) is 0 Å². The number of phenolic OH excluding ortho intramolecular Hbond substituents is 1. The summed E-state index contributed by atoms with van der Waals surface area (Å²) in [6, 6.07) is 6.66. The van der Waals surface area contributed by atoms with Crippen LogP contribution in [0.4, 0.5) is 0 Å². The smallest absolute Gasteiger partial charge is 0.256 e. The molecular formula is C13H12N2O3. The molecule has 0 unspecified atom stereocenters. The third-order valence-electron chi connectivity index (χ3n) is 2.95. The molecule has 1 aliphatic heterocycles. The Morgan fingerprint density at radius 3 is 3.11 bits per heavy atom. The van der Waals surface area contributed by atoms with E-state index >= 15 is 0 Å². The highest BCUT2D eigenvalue weighted by Gasteiger charge is 2.16. The van der Waals surface area contributed by atoms with E-state index in [4.69, 9.17) is 4.74 Å². The van der Waals surface area contributed by atoms with Gasteiger partial charge in [0.2, 0.25) is 0 Å². The highest BCUT2D eigenvalue weighted by Crippen LogP contribution is 2.20. The predicted octanol–water partition coefficient (Wildman–Crippen LogP) is 1.22. The van der Waals surface area contributed by atoms with E-state index in [0.717, 1.165) is 5.69 Å². The van der Waals surface area contributed by atoms with Crippen molar-refractivity contribution in [1.29, 1.82) is 0 Å². The molecule has 1 aliphatic rings. The first-order chi connectivity index (χ1) is 8.74. The Kier molecular flexibility index (Phi) is 2.60. The number of benzene rings is 1. The Morgan fingerprint density at radius 1 is 1.39 bits per heavy atom. The van der Waals surface area contributed by atoms with Crippen molar-refractivity contribution in [3.05, 3.63) is 45.9 Å². The van der Waals surface area contributed by atoms with E-state index < -0.39 is 0 Å². The topological polar surface area (TPSA) is 75.2 Å². The molecule has 18 heavy (non-hydrogen) atoms. The molecule has 3 rings (SSSR count). The largest absolute Gasteiger partial charge is 0.508 e. The number of aromatic nitrogens is 2. The number of H-pyrrole nitrogens is 1. The fourth-order valence-corrected chi connectivity index (χ4v) is 2.03. The van der Waals surface area contributed by atoms with Gasteiger partial charge in [0.05, 0.1) is 24.5 Å². The van der Waals surface area contributed by atoms with Crippen LogP contribution in [-0.2, 0) is 17.8 Å². The first-order valence-corrected chi connectivity index (χ1v) is 5.73. The van der Waals surface area contributed by atoms with Crippen LogP contribution in [0.15, 0.2) is 29.1 Å². The van der Waals surface area contributed by atoms with Crippen LogP contribution >= 0.6 is 0 Å². The summed E-state index contributed by atoms with van der Waals surface area (Å²) in [5, 5.41) is 9.44. The number of nitrogens with one attached hydrogen (secondary N) is 1. The minimum absolute atomic E-state index is 0.149. The zero-order valence-corrected chi connectivity index (χ0v) is 9.64. The van der Waals surface area contributed by atoms with Gasteiger partial charge in [-0.25, -0.2) is 4.98 Å². The molecule has 0 saturated carbocycles. The van der Waals surface area contributed by atoms with Crippen molar-refractivity contribution in [2.45, 2.75) is 13.0 Å². The van der Waals surface area contributed by atoms with Crippen molar-refractivity contribution in [1.82, 2.24) is 9.97 Å². The molecule has 0 radical (unpaired) electrons. The first-order valence-electron chi connectivity index (χ1n) is 5.73. The average Bonchev–Trinajstić information content (AvgIpc) is 2.39. The van der Waals surface area contributed by atoms with Gasteiger partial charge in [-0.05, 0) is 12.1 Å². The third kappa shape index (κ3) is 1.89. The van der Waals surface area contributed by atoms with Crippen LogP contribution in [0.1, 0.15) is 11.3 Å². The van der Waals surface area contributed by atoms with Crippen LogP contribution in [0.3, 0.4) is 0 Å². The molecular weight excluding hydrogens is 232 g/mol. The Labute approximate surface area is 103 Å². The fraction of sp³-hybridized carbons (Fsp3) is 0.231. The van der Waals surface area contributed by atoms with E-state index in [-0.39, 0.29) is 11.3 Å². The molecule has 0 atom stereocenters. The molecule has 0 bridgehead atoms. The molecule has 2 aromatic rings. The Morgan fingerprint density at radius 2 is 2.28 bits per heavy atom. The molecule has 0 spiro atoms. The van der Waals surface area contributed by atoms with E-state index in [2.05, 4.69) is 9.97 Å². The lowest BCUT2D eigenvalue weighted by atomic mass is 10.1. The highest BCUT2D eigenvalue weighted by atomic mass is 16.5. The monoisotopic (exact) mass is 244 g/mol. The number of hydrogen-bond donors (Lipinski definition) is 2. The summed E-state index contributed by atoms with van der Waals surface area (Å²) in [5.74, 6) is 0.632. The number of fused-ring (bicyclic) bond motifs is 1. The van der Waals surface area contributed by atoms with Crippen molar-refractivity contribution in [3.8, 4) is 17.1 Å². The second-order valence-electron chi connectivity index (χ2n) is 4.19. The Balaban J connectivity index is 2.14. The second-order valence-corrected chi connectivity index (χ2v) is 4.19. The minimum Gasteiger partial charge on any atom is -0.508 e.